The van der Waals surface area contributed by atoms with E-state index in [1.807, 2.05) is 0 Å². The fourth-order valence-electron chi connectivity index (χ4n) is 1.28. The second-order valence-electron chi connectivity index (χ2n) is 3.50. The molecule has 0 spiro atoms. The third-order valence-corrected chi connectivity index (χ3v) is 2.71. The lowest BCUT2D eigenvalue weighted by Gasteiger charge is -2.11. The van der Waals surface area contributed by atoms with E-state index in [0.717, 1.165) is 5.13 Å². The van der Waals surface area contributed by atoms with Crippen molar-refractivity contribution in [2.24, 2.45) is 0 Å². The van der Waals surface area contributed by atoms with Crippen LogP contribution in [0.15, 0.2) is 0 Å². The molecule has 80 valence electrons. The number of unbranched alkanes of at least 4 members (excludes halogenated alkanes) is 2. The first-order chi connectivity index (χ1) is 6.72. The highest BCUT2D eigenvalue weighted by Crippen LogP contribution is 2.15. The predicted molar refractivity (Wildman–Crippen MR) is 61.5 cm³/mol. The second-order valence-corrected chi connectivity index (χ2v) is 4.25. The van der Waals surface area contributed by atoms with Crippen LogP contribution in [0.25, 0.3) is 0 Å². The molecule has 0 aliphatic heterocycles. The van der Waals surface area contributed by atoms with E-state index in [0.29, 0.717) is 12.0 Å². The van der Waals surface area contributed by atoms with Gasteiger partial charge in [-0.3, -0.25) is 0 Å². The second kappa shape index (κ2) is 5.80. The molecule has 0 saturated carbocycles. The zero-order valence-corrected chi connectivity index (χ0v) is 9.60. The van der Waals surface area contributed by atoms with E-state index < -0.39 is 0 Å². The van der Waals surface area contributed by atoms with Crippen LogP contribution in [-0.2, 0) is 0 Å². The molecule has 0 aliphatic carbocycles. The number of aromatic nitrogens is 2. The third kappa shape index (κ3) is 3.91. The first-order valence-corrected chi connectivity index (χ1v) is 5.85. The van der Waals surface area contributed by atoms with Gasteiger partial charge in [-0.2, -0.15) is 9.36 Å². The Labute approximate surface area is 89.1 Å². The highest BCUT2D eigenvalue weighted by molar-refractivity contribution is 7.09. The van der Waals surface area contributed by atoms with Crippen LogP contribution in [0, 0.1) is 0 Å². The molecule has 0 amide bonds. The van der Waals surface area contributed by atoms with E-state index in [4.69, 9.17) is 5.73 Å². The topological polar surface area (TPSA) is 63.8 Å². The number of rotatable bonds is 6. The summed E-state index contributed by atoms with van der Waals surface area (Å²) in [6.45, 7) is 4.37. The van der Waals surface area contributed by atoms with Crippen molar-refractivity contribution in [3.63, 3.8) is 0 Å². The maximum absolute atomic E-state index is 5.42. The number of nitrogen functional groups attached to an aromatic ring is 1. The van der Waals surface area contributed by atoms with Crippen LogP contribution in [0.1, 0.15) is 39.5 Å². The van der Waals surface area contributed by atoms with E-state index in [9.17, 15) is 0 Å². The van der Waals surface area contributed by atoms with E-state index in [1.165, 1.54) is 37.2 Å². The molecule has 5 heteroatoms. The summed E-state index contributed by atoms with van der Waals surface area (Å²) in [5, 5.41) is 4.11. The molecule has 4 nitrogen and oxygen atoms in total. The molecule has 0 radical (unpaired) electrons. The normalized spacial score (nSPS) is 12.7. The Bertz CT molecular complexity index is 261. The third-order valence-electron chi connectivity index (χ3n) is 2.05. The summed E-state index contributed by atoms with van der Waals surface area (Å²) in [6.07, 6.45) is 5.00. The Kier molecular flexibility index (Phi) is 4.65. The van der Waals surface area contributed by atoms with Crippen molar-refractivity contribution in [1.29, 1.82) is 0 Å². The van der Waals surface area contributed by atoms with Gasteiger partial charge < -0.3 is 11.1 Å². The van der Waals surface area contributed by atoms with Gasteiger partial charge in [-0.05, 0) is 13.3 Å². The average molecular weight is 214 g/mol. The van der Waals surface area contributed by atoms with Crippen LogP contribution in [0.5, 0.6) is 0 Å². The number of anilines is 2. The van der Waals surface area contributed by atoms with Crippen molar-refractivity contribution >= 4 is 22.6 Å². The lowest BCUT2D eigenvalue weighted by Crippen LogP contribution is -2.14. The largest absolute Gasteiger partial charge is 0.367 e. The van der Waals surface area contributed by atoms with Crippen molar-refractivity contribution < 1.29 is 0 Å². The molecule has 14 heavy (non-hydrogen) atoms. The van der Waals surface area contributed by atoms with Gasteiger partial charge in [0, 0.05) is 17.6 Å². The fourth-order valence-corrected chi connectivity index (χ4v) is 1.89. The van der Waals surface area contributed by atoms with Crippen molar-refractivity contribution in [2.75, 3.05) is 11.1 Å². The van der Waals surface area contributed by atoms with Crippen molar-refractivity contribution in [2.45, 2.75) is 45.6 Å². The molecule has 1 heterocycles. The van der Waals surface area contributed by atoms with E-state index >= 15 is 0 Å². The molecule has 0 fully saturated rings. The van der Waals surface area contributed by atoms with Gasteiger partial charge in [-0.25, -0.2) is 0 Å². The minimum Gasteiger partial charge on any atom is -0.367 e. The van der Waals surface area contributed by atoms with Gasteiger partial charge >= 0.3 is 0 Å². The minimum absolute atomic E-state index is 0.359. The number of nitrogens with one attached hydrogen (secondary N) is 1. The Balaban J connectivity index is 2.23. The van der Waals surface area contributed by atoms with Crippen molar-refractivity contribution in [3.05, 3.63) is 0 Å². The summed E-state index contributed by atoms with van der Waals surface area (Å²) in [5.74, 6) is 0.359. The summed E-state index contributed by atoms with van der Waals surface area (Å²) in [5.41, 5.74) is 5.42. The Hall–Kier alpha value is -0.840. The zero-order valence-electron chi connectivity index (χ0n) is 8.79. The quantitative estimate of drug-likeness (QED) is 0.714. The number of nitrogens with zero attached hydrogens (tertiary/aromatic N) is 2. The van der Waals surface area contributed by atoms with Gasteiger partial charge in [0.05, 0.1) is 0 Å². The first kappa shape index (κ1) is 11.2. The molecule has 0 aliphatic rings. The number of hydrogen-bond acceptors (Lipinski definition) is 5. The molecule has 1 atom stereocenters. The molecule has 1 aromatic rings. The number of nitrogens with two attached hydrogens (primary N) is 1. The highest BCUT2D eigenvalue weighted by atomic mass is 32.1. The van der Waals surface area contributed by atoms with Crippen LogP contribution in [-0.4, -0.2) is 15.4 Å². The first-order valence-electron chi connectivity index (χ1n) is 5.08. The highest BCUT2D eigenvalue weighted by Gasteiger charge is 2.05. The standard InChI is InChI=1S/C9H18N4S/c1-3-4-5-6-7(2)11-9-12-8(10)13-14-9/h7H,3-6H2,1-2H3,(H3,10,11,12,13). The van der Waals surface area contributed by atoms with Gasteiger partial charge in [-0.15, -0.1) is 0 Å². The minimum atomic E-state index is 0.359. The summed E-state index contributed by atoms with van der Waals surface area (Å²) in [6, 6.07) is 0.453. The SMILES string of the molecule is CCCCCC(C)Nc1nc(N)ns1. The molecule has 1 rings (SSSR count). The Morgan fingerprint density at radius 3 is 2.86 bits per heavy atom. The summed E-state index contributed by atoms with van der Waals surface area (Å²) >= 11 is 1.32. The Morgan fingerprint density at radius 2 is 2.29 bits per heavy atom. The van der Waals surface area contributed by atoms with Crippen LogP contribution in [0.3, 0.4) is 0 Å². The number of hydrogen-bond donors (Lipinski definition) is 2. The molecular formula is C9H18N4S. The fraction of sp³-hybridized carbons (Fsp3) is 0.778. The molecule has 0 saturated heterocycles. The summed E-state index contributed by atoms with van der Waals surface area (Å²) in [4.78, 5) is 4.05. The van der Waals surface area contributed by atoms with Gasteiger partial charge in [0.25, 0.3) is 0 Å². The maximum atomic E-state index is 5.42. The lowest BCUT2D eigenvalue weighted by molar-refractivity contribution is 0.615. The Morgan fingerprint density at radius 1 is 1.50 bits per heavy atom. The van der Waals surface area contributed by atoms with Crippen LogP contribution in [0.2, 0.25) is 0 Å². The van der Waals surface area contributed by atoms with E-state index in [1.54, 1.807) is 0 Å². The molecular weight excluding hydrogens is 196 g/mol. The van der Waals surface area contributed by atoms with Crippen LogP contribution in [0.4, 0.5) is 11.1 Å². The van der Waals surface area contributed by atoms with Gasteiger partial charge in [0.1, 0.15) is 0 Å². The maximum Gasteiger partial charge on any atom is 0.233 e. The smallest absolute Gasteiger partial charge is 0.233 e. The molecule has 0 aromatic carbocycles. The van der Waals surface area contributed by atoms with Gasteiger partial charge in [0.15, 0.2) is 0 Å². The molecule has 1 unspecified atom stereocenters. The lowest BCUT2D eigenvalue weighted by atomic mass is 10.1. The van der Waals surface area contributed by atoms with Crippen molar-refractivity contribution in [1.82, 2.24) is 9.36 Å². The average Bonchev–Trinajstić information content (AvgIpc) is 2.52. The van der Waals surface area contributed by atoms with Crippen LogP contribution < -0.4 is 11.1 Å². The van der Waals surface area contributed by atoms with Crippen molar-refractivity contribution in [3.8, 4) is 0 Å². The van der Waals surface area contributed by atoms with Gasteiger partial charge in [-0.1, -0.05) is 26.2 Å². The predicted octanol–water partition coefficient (Wildman–Crippen LogP) is 2.50. The van der Waals surface area contributed by atoms with E-state index in [2.05, 4.69) is 28.5 Å². The molecule has 0 bridgehead atoms. The monoisotopic (exact) mass is 214 g/mol. The summed E-state index contributed by atoms with van der Waals surface area (Å²) < 4.78 is 3.91. The van der Waals surface area contributed by atoms with E-state index in [-0.39, 0.29) is 0 Å². The molecule has 1 aromatic heterocycles. The zero-order chi connectivity index (χ0) is 10.4. The molecule has 3 N–H and O–H groups in total. The van der Waals surface area contributed by atoms with Crippen LogP contribution >= 0.6 is 11.5 Å². The van der Waals surface area contributed by atoms with Gasteiger partial charge in [0.2, 0.25) is 11.1 Å². The summed E-state index contributed by atoms with van der Waals surface area (Å²) in [7, 11) is 0.